The molecular formula is C22H27ClN4O3. The van der Waals surface area contributed by atoms with Gasteiger partial charge in [0.25, 0.3) is 0 Å². The normalized spacial score (nSPS) is 14.8. The minimum atomic E-state index is -0.206. The predicted molar refractivity (Wildman–Crippen MR) is 119 cm³/mol. The minimum absolute atomic E-state index is 0.0898. The zero-order chi connectivity index (χ0) is 21.5. The zero-order valence-electron chi connectivity index (χ0n) is 17.2. The van der Waals surface area contributed by atoms with Gasteiger partial charge in [-0.05, 0) is 43.5 Å². The van der Waals surface area contributed by atoms with E-state index in [1.54, 1.807) is 19.2 Å². The Morgan fingerprint density at radius 2 is 1.83 bits per heavy atom. The predicted octanol–water partition coefficient (Wildman–Crippen LogP) is 3.88. The number of likely N-dealkylation sites (tertiary alicyclic amines) is 1. The number of nitrogens with one attached hydrogen (secondary N) is 3. The molecule has 1 saturated heterocycles. The van der Waals surface area contributed by atoms with Crippen LogP contribution in [-0.4, -0.2) is 49.6 Å². The number of aryl methyl sites for hydroxylation is 1. The summed E-state index contributed by atoms with van der Waals surface area (Å²) in [5, 5.41) is 9.33. The van der Waals surface area contributed by atoms with Crippen molar-refractivity contribution < 1.29 is 14.3 Å². The van der Waals surface area contributed by atoms with Gasteiger partial charge in [-0.15, -0.1) is 0 Å². The summed E-state index contributed by atoms with van der Waals surface area (Å²) in [5.41, 5.74) is 2.24. The smallest absolute Gasteiger partial charge is 0.319 e. The number of carbonyl (C=O) groups is 2. The fourth-order valence-electron chi connectivity index (χ4n) is 3.43. The number of hydrogen-bond acceptors (Lipinski definition) is 4. The molecule has 7 nitrogen and oxygen atoms in total. The first-order chi connectivity index (χ1) is 14.4. The summed E-state index contributed by atoms with van der Waals surface area (Å²) in [6, 6.07) is 12.7. The topological polar surface area (TPSA) is 82.7 Å². The number of urea groups is 1. The summed E-state index contributed by atoms with van der Waals surface area (Å²) in [6.07, 6.45) is 1.58. The lowest BCUT2D eigenvalue weighted by molar-refractivity contribution is -0.117. The lowest BCUT2D eigenvalue weighted by Gasteiger charge is -2.31. The second-order valence-corrected chi connectivity index (χ2v) is 7.77. The van der Waals surface area contributed by atoms with Crippen LogP contribution in [0.4, 0.5) is 16.2 Å². The Kier molecular flexibility index (Phi) is 7.54. The molecule has 0 aliphatic carbocycles. The van der Waals surface area contributed by atoms with Gasteiger partial charge in [-0.25, -0.2) is 4.79 Å². The largest absolute Gasteiger partial charge is 0.495 e. The molecule has 8 heteroatoms. The molecule has 3 amide bonds. The van der Waals surface area contributed by atoms with E-state index in [-0.39, 0.29) is 24.5 Å². The zero-order valence-corrected chi connectivity index (χ0v) is 18.0. The molecule has 3 rings (SSSR count). The van der Waals surface area contributed by atoms with E-state index in [0.717, 1.165) is 37.2 Å². The summed E-state index contributed by atoms with van der Waals surface area (Å²) < 4.78 is 5.31. The highest BCUT2D eigenvalue weighted by atomic mass is 35.5. The van der Waals surface area contributed by atoms with E-state index in [0.29, 0.717) is 16.5 Å². The van der Waals surface area contributed by atoms with Crippen molar-refractivity contribution in [2.45, 2.75) is 25.8 Å². The van der Waals surface area contributed by atoms with Crippen molar-refractivity contribution in [2.24, 2.45) is 0 Å². The van der Waals surface area contributed by atoms with Crippen LogP contribution in [-0.2, 0) is 4.79 Å². The van der Waals surface area contributed by atoms with Gasteiger partial charge in [0.2, 0.25) is 5.91 Å². The molecule has 2 aromatic carbocycles. The standard InChI is InChI=1S/C22H27ClN4O3/c1-15-12-19(20(30-2)13-18(15)23)26-21(28)14-27-10-8-17(9-11-27)25-22(29)24-16-6-4-3-5-7-16/h3-7,12-13,17H,8-11,14H2,1-2H3,(H,26,28)(H2,24,25,29). The number of anilines is 2. The number of benzene rings is 2. The lowest BCUT2D eigenvalue weighted by Crippen LogP contribution is -2.47. The van der Waals surface area contributed by atoms with Crippen molar-refractivity contribution >= 4 is 34.9 Å². The Morgan fingerprint density at radius 1 is 1.13 bits per heavy atom. The number of methoxy groups -OCH3 is 1. The molecule has 1 fully saturated rings. The van der Waals surface area contributed by atoms with Gasteiger partial charge < -0.3 is 20.7 Å². The first kappa shape index (κ1) is 21.9. The summed E-state index contributed by atoms with van der Waals surface area (Å²) in [6.45, 7) is 3.64. The number of carbonyl (C=O) groups excluding carboxylic acids is 2. The van der Waals surface area contributed by atoms with Gasteiger partial charge in [0.15, 0.2) is 0 Å². The van der Waals surface area contributed by atoms with E-state index < -0.39 is 0 Å². The average molecular weight is 431 g/mol. The first-order valence-corrected chi connectivity index (χ1v) is 10.3. The summed E-state index contributed by atoms with van der Waals surface area (Å²) in [7, 11) is 1.54. The number of amides is 3. The van der Waals surface area contributed by atoms with E-state index in [9.17, 15) is 9.59 Å². The molecule has 0 radical (unpaired) electrons. The molecule has 30 heavy (non-hydrogen) atoms. The number of nitrogens with zero attached hydrogens (tertiary/aromatic N) is 1. The molecule has 1 aliphatic heterocycles. The van der Waals surface area contributed by atoms with Crippen LogP contribution >= 0.6 is 11.6 Å². The van der Waals surface area contributed by atoms with Crippen LogP contribution in [0.15, 0.2) is 42.5 Å². The fourth-order valence-corrected chi connectivity index (χ4v) is 3.59. The first-order valence-electron chi connectivity index (χ1n) is 9.93. The Hall–Kier alpha value is -2.77. The number of rotatable bonds is 6. The lowest BCUT2D eigenvalue weighted by atomic mass is 10.1. The molecule has 0 spiro atoms. The maximum absolute atomic E-state index is 12.5. The van der Waals surface area contributed by atoms with Gasteiger partial charge in [-0.1, -0.05) is 29.8 Å². The van der Waals surface area contributed by atoms with E-state index in [1.807, 2.05) is 37.3 Å². The van der Waals surface area contributed by atoms with Crippen molar-refractivity contribution in [1.82, 2.24) is 10.2 Å². The highest BCUT2D eigenvalue weighted by Gasteiger charge is 2.22. The second kappa shape index (κ2) is 10.3. The third-order valence-corrected chi connectivity index (χ3v) is 5.48. The molecule has 1 heterocycles. The van der Waals surface area contributed by atoms with Crippen molar-refractivity contribution in [1.29, 1.82) is 0 Å². The van der Waals surface area contributed by atoms with Crippen molar-refractivity contribution in [3.63, 3.8) is 0 Å². The molecule has 0 bridgehead atoms. The maximum Gasteiger partial charge on any atom is 0.319 e. The molecule has 0 unspecified atom stereocenters. The van der Waals surface area contributed by atoms with Gasteiger partial charge in [0.05, 0.1) is 19.3 Å². The van der Waals surface area contributed by atoms with E-state index in [2.05, 4.69) is 20.9 Å². The molecule has 0 saturated carbocycles. The van der Waals surface area contributed by atoms with Crippen LogP contribution in [0.2, 0.25) is 5.02 Å². The minimum Gasteiger partial charge on any atom is -0.495 e. The van der Waals surface area contributed by atoms with Crippen LogP contribution in [0, 0.1) is 6.92 Å². The number of halogens is 1. The molecule has 3 N–H and O–H groups in total. The van der Waals surface area contributed by atoms with Crippen LogP contribution in [0.3, 0.4) is 0 Å². The third kappa shape index (κ3) is 6.11. The Morgan fingerprint density at radius 3 is 2.50 bits per heavy atom. The average Bonchev–Trinajstić information content (AvgIpc) is 2.72. The fraction of sp³-hybridized carbons (Fsp3) is 0.364. The molecule has 0 aromatic heterocycles. The number of para-hydroxylation sites is 1. The Bertz CT molecular complexity index is 883. The van der Waals surface area contributed by atoms with Gasteiger partial charge >= 0.3 is 6.03 Å². The van der Waals surface area contributed by atoms with Crippen molar-refractivity contribution in [2.75, 3.05) is 37.4 Å². The number of ether oxygens (including phenoxy) is 1. The second-order valence-electron chi connectivity index (χ2n) is 7.36. The third-order valence-electron chi connectivity index (χ3n) is 5.08. The summed E-state index contributed by atoms with van der Waals surface area (Å²) >= 11 is 6.12. The van der Waals surface area contributed by atoms with Crippen LogP contribution in [0.25, 0.3) is 0 Å². The van der Waals surface area contributed by atoms with E-state index in [1.165, 1.54) is 0 Å². The van der Waals surface area contributed by atoms with Gasteiger partial charge in [-0.3, -0.25) is 9.69 Å². The number of hydrogen-bond donors (Lipinski definition) is 3. The summed E-state index contributed by atoms with van der Waals surface area (Å²) in [4.78, 5) is 26.7. The molecular weight excluding hydrogens is 404 g/mol. The van der Waals surface area contributed by atoms with Crippen LogP contribution < -0.4 is 20.7 Å². The van der Waals surface area contributed by atoms with Crippen molar-refractivity contribution in [3.05, 3.63) is 53.1 Å². The van der Waals surface area contributed by atoms with Crippen molar-refractivity contribution in [3.8, 4) is 5.75 Å². The van der Waals surface area contributed by atoms with Gasteiger partial charge in [0.1, 0.15) is 5.75 Å². The quantitative estimate of drug-likeness (QED) is 0.649. The van der Waals surface area contributed by atoms with Crippen LogP contribution in [0.5, 0.6) is 5.75 Å². The number of piperidine rings is 1. The molecule has 2 aromatic rings. The van der Waals surface area contributed by atoms with Gasteiger partial charge in [-0.2, -0.15) is 0 Å². The van der Waals surface area contributed by atoms with E-state index in [4.69, 9.17) is 16.3 Å². The molecule has 1 aliphatic rings. The van der Waals surface area contributed by atoms with E-state index >= 15 is 0 Å². The van der Waals surface area contributed by atoms with Gasteiger partial charge in [0, 0.05) is 35.9 Å². The Labute approximate surface area is 181 Å². The highest BCUT2D eigenvalue weighted by molar-refractivity contribution is 6.31. The summed E-state index contributed by atoms with van der Waals surface area (Å²) in [5.74, 6) is 0.425. The Balaban J connectivity index is 1.44. The maximum atomic E-state index is 12.5. The molecule has 0 atom stereocenters. The van der Waals surface area contributed by atoms with Crippen LogP contribution in [0.1, 0.15) is 18.4 Å². The monoisotopic (exact) mass is 430 g/mol. The molecule has 160 valence electrons. The highest BCUT2D eigenvalue weighted by Crippen LogP contribution is 2.30. The SMILES string of the molecule is COc1cc(Cl)c(C)cc1NC(=O)CN1CCC(NC(=O)Nc2ccccc2)CC1.